The molecule has 0 spiro atoms. The largest absolute Gasteiger partial charge is 0.279 e. The minimum atomic E-state index is -0.0412. The van der Waals surface area contributed by atoms with E-state index >= 15 is 0 Å². The quantitative estimate of drug-likeness (QED) is 0.174. The number of hydrogen-bond acceptors (Lipinski definition) is 2. The van der Waals surface area contributed by atoms with Crippen LogP contribution in [0.3, 0.4) is 0 Å². The van der Waals surface area contributed by atoms with Crippen LogP contribution >= 0.6 is 0 Å². The molecule has 0 bridgehead atoms. The Kier molecular flexibility index (Phi) is 9.74. The number of pyridine rings is 1. The summed E-state index contributed by atoms with van der Waals surface area (Å²) in [6, 6.07) is 53.6. The van der Waals surface area contributed by atoms with Gasteiger partial charge in [0, 0.05) is 27.5 Å². The van der Waals surface area contributed by atoms with Crippen LogP contribution in [0.15, 0.2) is 146 Å². The lowest BCUT2D eigenvalue weighted by Crippen LogP contribution is -2.13. The van der Waals surface area contributed by atoms with Crippen molar-refractivity contribution in [1.82, 2.24) is 19.1 Å². The fourth-order valence-electron chi connectivity index (χ4n) is 8.79. The predicted octanol–water partition coefficient (Wildman–Crippen LogP) is 15.7. The van der Waals surface area contributed by atoms with Gasteiger partial charge in [-0.1, -0.05) is 168 Å². The van der Waals surface area contributed by atoms with E-state index in [1.807, 2.05) is 0 Å². The van der Waals surface area contributed by atoms with Gasteiger partial charge in [0.2, 0.25) is 5.95 Å². The van der Waals surface area contributed by atoms with Gasteiger partial charge in [-0.2, -0.15) is 0 Å². The molecule has 3 aromatic heterocycles. The highest BCUT2D eigenvalue weighted by Crippen LogP contribution is 2.42. The van der Waals surface area contributed by atoms with Gasteiger partial charge >= 0.3 is 0 Å². The number of imidazole rings is 1. The van der Waals surface area contributed by atoms with Crippen LogP contribution in [0.25, 0.3) is 78.1 Å². The predicted molar refractivity (Wildman–Crippen MR) is 264 cm³/mol. The highest BCUT2D eigenvalue weighted by Gasteiger charge is 2.27. The first-order valence-electron chi connectivity index (χ1n) is 22.2. The number of hydrogen-bond donors (Lipinski definition) is 0. The molecule has 0 saturated heterocycles. The molecule has 0 unspecified atom stereocenters. The summed E-state index contributed by atoms with van der Waals surface area (Å²) in [5, 5.41) is 2.46. The van der Waals surface area contributed by atoms with Gasteiger partial charge in [0.15, 0.2) is 0 Å². The second-order valence-electron chi connectivity index (χ2n) is 21.3. The summed E-state index contributed by atoms with van der Waals surface area (Å²) in [5.74, 6) is 0.842. The molecule has 0 radical (unpaired) electrons. The number of nitrogens with zero attached hydrogens (tertiary/aromatic N) is 4. The summed E-state index contributed by atoms with van der Waals surface area (Å²) in [4.78, 5) is 11.2. The van der Waals surface area contributed by atoms with Gasteiger partial charge in [0.25, 0.3) is 0 Å². The molecule has 4 nitrogen and oxygen atoms in total. The van der Waals surface area contributed by atoms with Crippen molar-refractivity contribution in [1.29, 1.82) is 0 Å². The third-order valence-corrected chi connectivity index (χ3v) is 12.6. The van der Waals surface area contributed by atoms with Gasteiger partial charge in [0.05, 0.1) is 33.6 Å². The van der Waals surface area contributed by atoms with Gasteiger partial charge in [0.1, 0.15) is 5.52 Å². The smallest absolute Gasteiger partial charge is 0.220 e. The van der Waals surface area contributed by atoms with E-state index in [0.29, 0.717) is 0 Å². The van der Waals surface area contributed by atoms with Crippen LogP contribution in [-0.2, 0) is 21.7 Å². The van der Waals surface area contributed by atoms with Crippen LogP contribution in [0.5, 0.6) is 0 Å². The van der Waals surface area contributed by atoms with Crippen molar-refractivity contribution < 1.29 is 0 Å². The number of benzene rings is 6. The fourth-order valence-corrected chi connectivity index (χ4v) is 8.79. The maximum atomic E-state index is 5.79. The zero-order chi connectivity index (χ0) is 43.9. The molecule has 62 heavy (non-hydrogen) atoms. The zero-order valence-electron chi connectivity index (χ0n) is 38.6. The minimum Gasteiger partial charge on any atom is -0.279 e. The van der Waals surface area contributed by atoms with Gasteiger partial charge in [-0.25, -0.2) is 9.97 Å². The lowest BCUT2D eigenvalue weighted by molar-refractivity contribution is 0.590. The average Bonchev–Trinajstić information content (AvgIpc) is 3.77. The fraction of sp³-hybridized carbons (Fsp3) is 0.276. The van der Waals surface area contributed by atoms with E-state index in [0.717, 1.165) is 67.3 Å². The van der Waals surface area contributed by atoms with Crippen molar-refractivity contribution in [2.75, 3.05) is 0 Å². The van der Waals surface area contributed by atoms with Gasteiger partial charge < -0.3 is 0 Å². The summed E-state index contributed by atoms with van der Waals surface area (Å²) in [6.07, 6.45) is 0. The van der Waals surface area contributed by atoms with Crippen molar-refractivity contribution in [3.63, 3.8) is 0 Å². The summed E-state index contributed by atoms with van der Waals surface area (Å²) < 4.78 is 4.81. The maximum Gasteiger partial charge on any atom is 0.220 e. The summed E-state index contributed by atoms with van der Waals surface area (Å²) in [7, 11) is 0. The second-order valence-corrected chi connectivity index (χ2v) is 21.3. The van der Waals surface area contributed by atoms with Crippen LogP contribution in [-0.4, -0.2) is 19.1 Å². The molecular weight excluding hydrogens is 753 g/mol. The molecular formula is C58H60N4. The van der Waals surface area contributed by atoms with Crippen molar-refractivity contribution in [2.45, 2.75) is 105 Å². The van der Waals surface area contributed by atoms with E-state index in [2.05, 4.69) is 238 Å². The molecule has 6 aromatic carbocycles. The molecule has 9 rings (SSSR count). The standard InChI is InChI=1S/C58H60N4/c1-55(2,3)39-22-16-21-38(33-39)47-24-18-25-48(59-47)43-23-17-26-52-53(43)60-54(62(52)49-30-27-40(56(4,5)6)34-44(49)37-19-14-13-15-20-37)61-50-31-28-41(57(7,8)9)35-45(50)46-36-42(58(10,11)12)29-32-51(46)61/h13-36H,1-12H3. The normalized spacial score (nSPS) is 12.8. The van der Waals surface area contributed by atoms with E-state index in [1.54, 1.807) is 0 Å². The van der Waals surface area contributed by atoms with E-state index in [-0.39, 0.29) is 21.7 Å². The highest BCUT2D eigenvalue weighted by atomic mass is 15.3. The Morgan fingerprint density at radius 2 is 0.871 bits per heavy atom. The molecule has 3 heterocycles. The number of fused-ring (bicyclic) bond motifs is 4. The Labute approximate surface area is 368 Å². The minimum absolute atomic E-state index is 0.0126. The van der Waals surface area contributed by atoms with E-state index in [9.17, 15) is 0 Å². The molecule has 0 aliphatic rings. The topological polar surface area (TPSA) is 35.6 Å². The van der Waals surface area contributed by atoms with Crippen LogP contribution in [0, 0.1) is 0 Å². The lowest BCUT2D eigenvalue weighted by atomic mass is 9.85. The molecule has 0 aliphatic carbocycles. The Bertz CT molecular complexity index is 3080. The summed E-state index contributed by atoms with van der Waals surface area (Å²) in [6.45, 7) is 27.4. The average molecular weight is 813 g/mol. The van der Waals surface area contributed by atoms with Crippen LogP contribution in [0.4, 0.5) is 0 Å². The molecule has 0 amide bonds. The highest BCUT2D eigenvalue weighted by molar-refractivity contribution is 6.10. The van der Waals surface area contributed by atoms with Crippen LogP contribution in [0.2, 0.25) is 0 Å². The van der Waals surface area contributed by atoms with Crippen molar-refractivity contribution in [3.8, 4) is 45.3 Å². The SMILES string of the molecule is CC(C)(C)c1cccc(-c2cccc(-c3cccc4c3nc(-n3c5ccc(C(C)(C)C)cc5c5cc(C(C)(C)C)ccc53)n4-c3ccc(C(C)(C)C)cc3-c3ccccc3)n2)c1. The third-order valence-electron chi connectivity index (χ3n) is 12.6. The monoisotopic (exact) mass is 812 g/mol. The van der Waals surface area contributed by atoms with Crippen molar-refractivity contribution >= 4 is 32.8 Å². The Morgan fingerprint density at radius 1 is 0.355 bits per heavy atom. The first kappa shape index (κ1) is 41.1. The van der Waals surface area contributed by atoms with Gasteiger partial charge in [-0.3, -0.25) is 9.13 Å². The lowest BCUT2D eigenvalue weighted by Gasteiger charge is -2.23. The van der Waals surface area contributed by atoms with Crippen LogP contribution in [0.1, 0.15) is 105 Å². The molecule has 0 saturated carbocycles. The van der Waals surface area contributed by atoms with E-state index in [4.69, 9.17) is 9.97 Å². The summed E-state index contributed by atoms with van der Waals surface area (Å²) in [5.41, 5.74) is 16.7. The first-order chi connectivity index (χ1) is 29.3. The second kappa shape index (κ2) is 14.7. The molecule has 0 aliphatic heterocycles. The number of para-hydroxylation sites is 1. The Morgan fingerprint density at radius 3 is 1.48 bits per heavy atom. The van der Waals surface area contributed by atoms with Gasteiger partial charge in [-0.05, 0) is 110 Å². The zero-order valence-corrected chi connectivity index (χ0v) is 38.6. The first-order valence-corrected chi connectivity index (χ1v) is 22.2. The number of aromatic nitrogens is 4. The Balaban J connectivity index is 1.39. The van der Waals surface area contributed by atoms with Gasteiger partial charge in [-0.15, -0.1) is 0 Å². The molecule has 0 N–H and O–H groups in total. The molecule has 0 fully saturated rings. The molecule has 4 heteroatoms. The molecule has 0 atom stereocenters. The van der Waals surface area contributed by atoms with Crippen LogP contribution < -0.4 is 0 Å². The van der Waals surface area contributed by atoms with E-state index < -0.39 is 0 Å². The van der Waals surface area contributed by atoms with Crippen molar-refractivity contribution in [2.24, 2.45) is 0 Å². The third kappa shape index (κ3) is 7.34. The van der Waals surface area contributed by atoms with Crippen molar-refractivity contribution in [3.05, 3.63) is 168 Å². The summed E-state index contributed by atoms with van der Waals surface area (Å²) >= 11 is 0. The van der Waals surface area contributed by atoms with E-state index in [1.165, 1.54) is 33.0 Å². The maximum absolute atomic E-state index is 5.79. The Hall–Kier alpha value is -6.26. The number of rotatable bonds is 5. The molecule has 9 aromatic rings. The molecule has 312 valence electrons.